The Morgan fingerprint density at radius 1 is 1.50 bits per heavy atom. The van der Waals surface area contributed by atoms with E-state index < -0.39 is 0 Å². The van der Waals surface area contributed by atoms with Crippen molar-refractivity contribution in [3.05, 3.63) is 23.2 Å². The van der Waals surface area contributed by atoms with E-state index in [1.807, 2.05) is 18.2 Å². The quantitative estimate of drug-likeness (QED) is 0.721. The molecule has 14 heavy (non-hydrogen) atoms. The van der Waals surface area contributed by atoms with E-state index in [2.05, 4.69) is 15.3 Å². The standard InChI is InChI=1S/C9H11ClN4/c10-6-1-2-7-8(5-6)14-9(13-7)12-4-3-11/h1-2,5H,3-4,11H2,(H2,12,13,14). The van der Waals surface area contributed by atoms with Crippen LogP contribution in [0.1, 0.15) is 0 Å². The van der Waals surface area contributed by atoms with E-state index in [0.29, 0.717) is 18.1 Å². The average molecular weight is 211 g/mol. The van der Waals surface area contributed by atoms with Crippen molar-refractivity contribution in [3.8, 4) is 0 Å². The summed E-state index contributed by atoms with van der Waals surface area (Å²) in [4.78, 5) is 7.42. The Kier molecular flexibility index (Phi) is 2.56. The highest BCUT2D eigenvalue weighted by atomic mass is 35.5. The van der Waals surface area contributed by atoms with Gasteiger partial charge in [-0.1, -0.05) is 11.6 Å². The molecule has 0 fully saturated rings. The highest BCUT2D eigenvalue weighted by Gasteiger charge is 2.01. The molecule has 0 saturated carbocycles. The molecule has 0 bridgehead atoms. The summed E-state index contributed by atoms with van der Waals surface area (Å²) in [5.41, 5.74) is 7.19. The lowest BCUT2D eigenvalue weighted by Gasteiger charge is -1.96. The average Bonchev–Trinajstić information content (AvgIpc) is 2.56. The molecule has 0 aliphatic heterocycles. The number of benzene rings is 1. The van der Waals surface area contributed by atoms with Gasteiger partial charge < -0.3 is 16.0 Å². The van der Waals surface area contributed by atoms with Crippen LogP contribution in [0, 0.1) is 0 Å². The first kappa shape index (κ1) is 9.30. The lowest BCUT2D eigenvalue weighted by molar-refractivity contribution is 1.00. The van der Waals surface area contributed by atoms with E-state index in [4.69, 9.17) is 17.3 Å². The van der Waals surface area contributed by atoms with E-state index in [0.717, 1.165) is 17.0 Å². The van der Waals surface area contributed by atoms with Crippen LogP contribution in [0.25, 0.3) is 11.0 Å². The third kappa shape index (κ3) is 1.81. The highest BCUT2D eigenvalue weighted by molar-refractivity contribution is 6.31. The molecule has 0 radical (unpaired) electrons. The number of hydrogen-bond acceptors (Lipinski definition) is 3. The second kappa shape index (κ2) is 3.86. The third-order valence-corrected chi connectivity index (χ3v) is 2.12. The Hall–Kier alpha value is -1.26. The molecular weight excluding hydrogens is 200 g/mol. The topological polar surface area (TPSA) is 66.7 Å². The summed E-state index contributed by atoms with van der Waals surface area (Å²) < 4.78 is 0. The first-order valence-electron chi connectivity index (χ1n) is 4.39. The molecule has 1 aromatic heterocycles. The number of H-pyrrole nitrogens is 1. The van der Waals surface area contributed by atoms with Gasteiger partial charge in [0.05, 0.1) is 11.0 Å². The molecule has 0 amide bonds. The Bertz CT molecular complexity index is 437. The number of anilines is 1. The van der Waals surface area contributed by atoms with Gasteiger partial charge in [-0.2, -0.15) is 0 Å². The molecule has 74 valence electrons. The molecule has 0 aliphatic rings. The van der Waals surface area contributed by atoms with Crippen LogP contribution in [0.5, 0.6) is 0 Å². The number of nitrogens with zero attached hydrogens (tertiary/aromatic N) is 1. The number of hydrogen-bond donors (Lipinski definition) is 3. The minimum atomic E-state index is 0.581. The number of halogens is 1. The Balaban J connectivity index is 2.32. The van der Waals surface area contributed by atoms with Gasteiger partial charge >= 0.3 is 0 Å². The summed E-state index contributed by atoms with van der Waals surface area (Å²) in [6, 6.07) is 5.54. The Morgan fingerprint density at radius 3 is 3.14 bits per heavy atom. The van der Waals surface area contributed by atoms with Gasteiger partial charge in [0.15, 0.2) is 0 Å². The molecule has 0 atom stereocenters. The van der Waals surface area contributed by atoms with Crippen LogP contribution < -0.4 is 11.1 Å². The van der Waals surface area contributed by atoms with Gasteiger partial charge in [0.1, 0.15) is 0 Å². The van der Waals surface area contributed by atoms with Gasteiger partial charge in [-0.25, -0.2) is 4.98 Å². The highest BCUT2D eigenvalue weighted by Crippen LogP contribution is 2.18. The molecule has 1 aromatic carbocycles. The fourth-order valence-electron chi connectivity index (χ4n) is 1.26. The number of imidazole rings is 1. The molecule has 0 saturated heterocycles. The zero-order chi connectivity index (χ0) is 9.97. The fraction of sp³-hybridized carbons (Fsp3) is 0.222. The van der Waals surface area contributed by atoms with Crippen molar-refractivity contribution in [1.29, 1.82) is 0 Å². The zero-order valence-electron chi connectivity index (χ0n) is 7.55. The Labute approximate surface area is 86.5 Å². The molecule has 4 N–H and O–H groups in total. The van der Waals surface area contributed by atoms with Crippen molar-refractivity contribution in [3.63, 3.8) is 0 Å². The van der Waals surface area contributed by atoms with Crippen LogP contribution in [0.2, 0.25) is 5.02 Å². The molecule has 0 unspecified atom stereocenters. The largest absolute Gasteiger partial charge is 0.355 e. The monoisotopic (exact) mass is 210 g/mol. The van der Waals surface area contributed by atoms with E-state index >= 15 is 0 Å². The first-order valence-corrected chi connectivity index (χ1v) is 4.76. The van der Waals surface area contributed by atoms with Gasteiger partial charge in [0.25, 0.3) is 0 Å². The first-order chi connectivity index (χ1) is 6.79. The smallest absolute Gasteiger partial charge is 0.201 e. The van der Waals surface area contributed by atoms with Crippen LogP contribution >= 0.6 is 11.6 Å². The molecule has 4 nitrogen and oxygen atoms in total. The van der Waals surface area contributed by atoms with Crippen molar-refractivity contribution < 1.29 is 0 Å². The summed E-state index contributed by atoms with van der Waals surface area (Å²) >= 11 is 5.84. The van der Waals surface area contributed by atoms with E-state index in [9.17, 15) is 0 Å². The molecular formula is C9H11ClN4. The maximum atomic E-state index is 5.84. The summed E-state index contributed by atoms with van der Waals surface area (Å²) in [5, 5.41) is 3.77. The third-order valence-electron chi connectivity index (χ3n) is 1.88. The van der Waals surface area contributed by atoms with Crippen LogP contribution in [-0.2, 0) is 0 Å². The van der Waals surface area contributed by atoms with Crippen molar-refractivity contribution in [2.24, 2.45) is 5.73 Å². The SMILES string of the molecule is NCCNc1nc2ccc(Cl)cc2[nH]1. The predicted molar refractivity (Wildman–Crippen MR) is 58.6 cm³/mol. The number of aromatic nitrogens is 2. The van der Waals surface area contributed by atoms with E-state index in [1.165, 1.54) is 0 Å². The number of rotatable bonds is 3. The molecule has 0 aliphatic carbocycles. The van der Waals surface area contributed by atoms with Crippen molar-refractivity contribution in [2.45, 2.75) is 0 Å². The number of nitrogens with two attached hydrogens (primary N) is 1. The normalized spacial score (nSPS) is 10.7. The number of nitrogens with one attached hydrogen (secondary N) is 2. The van der Waals surface area contributed by atoms with Crippen LogP contribution in [0.15, 0.2) is 18.2 Å². The van der Waals surface area contributed by atoms with Crippen molar-refractivity contribution in [1.82, 2.24) is 9.97 Å². The number of fused-ring (bicyclic) bond motifs is 1. The molecule has 2 rings (SSSR count). The molecule has 5 heteroatoms. The van der Waals surface area contributed by atoms with Crippen molar-refractivity contribution >= 4 is 28.6 Å². The zero-order valence-corrected chi connectivity index (χ0v) is 8.30. The van der Waals surface area contributed by atoms with Gasteiger partial charge in [0.2, 0.25) is 5.95 Å². The van der Waals surface area contributed by atoms with Gasteiger partial charge in [-0.3, -0.25) is 0 Å². The van der Waals surface area contributed by atoms with Crippen LogP contribution in [0.4, 0.5) is 5.95 Å². The molecule has 0 spiro atoms. The lowest BCUT2D eigenvalue weighted by atomic mass is 10.3. The van der Waals surface area contributed by atoms with Gasteiger partial charge in [0, 0.05) is 18.1 Å². The Morgan fingerprint density at radius 2 is 2.36 bits per heavy atom. The summed E-state index contributed by atoms with van der Waals surface area (Å²) in [6.07, 6.45) is 0. The lowest BCUT2D eigenvalue weighted by Crippen LogP contribution is -2.13. The summed E-state index contributed by atoms with van der Waals surface area (Å²) in [7, 11) is 0. The fourth-order valence-corrected chi connectivity index (χ4v) is 1.43. The number of aromatic amines is 1. The maximum absolute atomic E-state index is 5.84. The molecule has 1 heterocycles. The minimum absolute atomic E-state index is 0.581. The predicted octanol–water partition coefficient (Wildman–Crippen LogP) is 1.59. The van der Waals surface area contributed by atoms with Crippen LogP contribution in [0.3, 0.4) is 0 Å². The molecule has 2 aromatic rings. The summed E-state index contributed by atoms with van der Waals surface area (Å²) in [6.45, 7) is 1.28. The second-order valence-corrected chi connectivity index (χ2v) is 3.40. The van der Waals surface area contributed by atoms with Crippen molar-refractivity contribution in [2.75, 3.05) is 18.4 Å². The maximum Gasteiger partial charge on any atom is 0.201 e. The van der Waals surface area contributed by atoms with Gasteiger partial charge in [-0.05, 0) is 18.2 Å². The summed E-state index contributed by atoms with van der Waals surface area (Å²) in [5.74, 6) is 0.729. The minimum Gasteiger partial charge on any atom is -0.355 e. The van der Waals surface area contributed by atoms with E-state index in [-0.39, 0.29) is 0 Å². The van der Waals surface area contributed by atoms with E-state index in [1.54, 1.807) is 0 Å². The van der Waals surface area contributed by atoms with Gasteiger partial charge in [-0.15, -0.1) is 0 Å². The second-order valence-electron chi connectivity index (χ2n) is 2.96. The van der Waals surface area contributed by atoms with Crippen LogP contribution in [-0.4, -0.2) is 23.1 Å².